The molecule has 0 amide bonds. The monoisotopic (exact) mass is 500 g/mol. The van der Waals surface area contributed by atoms with Gasteiger partial charge in [0.1, 0.15) is 12.2 Å². The van der Waals surface area contributed by atoms with E-state index in [1.54, 1.807) is 26.6 Å². The van der Waals surface area contributed by atoms with E-state index in [-0.39, 0.29) is 24.0 Å². The van der Waals surface area contributed by atoms with Crippen molar-refractivity contribution in [3.63, 3.8) is 0 Å². The number of halogens is 1. The Bertz CT molecular complexity index is 763. The van der Waals surface area contributed by atoms with Crippen molar-refractivity contribution in [3.8, 4) is 11.5 Å². The topological polar surface area (TPSA) is 85.6 Å². The summed E-state index contributed by atoms with van der Waals surface area (Å²) in [5.41, 5.74) is 1.03. The summed E-state index contributed by atoms with van der Waals surface area (Å²) in [7, 11) is 3.25. The van der Waals surface area contributed by atoms with E-state index in [1.807, 2.05) is 22.8 Å². The summed E-state index contributed by atoms with van der Waals surface area (Å²) < 4.78 is 12.6. The number of ether oxygens (including phenoxy) is 2. The summed E-state index contributed by atoms with van der Waals surface area (Å²) in [5, 5.41) is 14.6. The van der Waals surface area contributed by atoms with Gasteiger partial charge in [-0.3, -0.25) is 0 Å². The number of aliphatic imine (C=N–C) groups is 1. The van der Waals surface area contributed by atoms with Crippen LogP contribution in [0.4, 0.5) is 0 Å². The Kier molecular flexibility index (Phi) is 11.0. The predicted octanol–water partition coefficient (Wildman–Crippen LogP) is 2.40. The Balaban J connectivity index is 0.00000392. The van der Waals surface area contributed by atoms with E-state index in [4.69, 9.17) is 9.47 Å². The van der Waals surface area contributed by atoms with Crippen LogP contribution in [0.15, 0.2) is 42.2 Å². The average molecular weight is 500 g/mol. The molecule has 0 aliphatic rings. The molecule has 0 spiro atoms. The van der Waals surface area contributed by atoms with E-state index in [0.29, 0.717) is 31.1 Å². The van der Waals surface area contributed by atoms with Crippen LogP contribution in [0.25, 0.3) is 0 Å². The van der Waals surface area contributed by atoms with Gasteiger partial charge in [-0.05, 0) is 17.7 Å². The molecule has 1 aromatic heterocycles. The van der Waals surface area contributed by atoms with Crippen molar-refractivity contribution in [1.29, 1.82) is 0 Å². The second-order valence-electron chi connectivity index (χ2n) is 5.74. The lowest BCUT2D eigenvalue weighted by Crippen LogP contribution is -2.39. The SMILES string of the molecule is C=CCNC(=NCc1ccc(OC)c(OC)c1)NCCn1cnnc1CC.I. The molecule has 0 saturated heterocycles. The van der Waals surface area contributed by atoms with E-state index in [9.17, 15) is 0 Å². The van der Waals surface area contributed by atoms with Gasteiger partial charge in [0, 0.05) is 26.1 Å². The minimum absolute atomic E-state index is 0. The van der Waals surface area contributed by atoms with E-state index in [1.165, 1.54) is 0 Å². The first kappa shape index (κ1) is 23.7. The highest BCUT2D eigenvalue weighted by atomic mass is 127. The summed E-state index contributed by atoms with van der Waals surface area (Å²) in [4.78, 5) is 4.63. The van der Waals surface area contributed by atoms with Crippen molar-refractivity contribution >= 4 is 29.9 Å². The van der Waals surface area contributed by atoms with Crippen LogP contribution in [0.5, 0.6) is 11.5 Å². The molecule has 1 heterocycles. The number of aryl methyl sites for hydroxylation is 1. The molecular weight excluding hydrogens is 471 g/mol. The minimum atomic E-state index is 0. The molecule has 0 saturated carbocycles. The Labute approximate surface area is 183 Å². The number of benzene rings is 1. The van der Waals surface area contributed by atoms with Crippen molar-refractivity contribution in [2.75, 3.05) is 27.3 Å². The zero-order chi connectivity index (χ0) is 19.5. The molecule has 0 radical (unpaired) electrons. The van der Waals surface area contributed by atoms with Gasteiger partial charge >= 0.3 is 0 Å². The van der Waals surface area contributed by atoms with Gasteiger partial charge in [-0.2, -0.15) is 0 Å². The van der Waals surface area contributed by atoms with Gasteiger partial charge in [0.05, 0.1) is 20.8 Å². The summed E-state index contributed by atoms with van der Waals surface area (Å²) in [6.45, 7) is 8.42. The quantitative estimate of drug-likeness (QED) is 0.226. The summed E-state index contributed by atoms with van der Waals surface area (Å²) in [5.74, 6) is 3.09. The minimum Gasteiger partial charge on any atom is -0.493 e. The zero-order valence-electron chi connectivity index (χ0n) is 16.6. The molecule has 0 atom stereocenters. The Morgan fingerprint density at radius 2 is 2.04 bits per heavy atom. The molecule has 28 heavy (non-hydrogen) atoms. The first-order chi connectivity index (χ1) is 13.2. The molecule has 2 N–H and O–H groups in total. The molecule has 1 aromatic carbocycles. The van der Waals surface area contributed by atoms with Crippen LogP contribution >= 0.6 is 24.0 Å². The van der Waals surface area contributed by atoms with Gasteiger partial charge in [-0.1, -0.05) is 19.1 Å². The number of hydrogen-bond acceptors (Lipinski definition) is 5. The lowest BCUT2D eigenvalue weighted by Gasteiger charge is -2.13. The fourth-order valence-electron chi connectivity index (χ4n) is 2.53. The third-order valence-electron chi connectivity index (χ3n) is 3.94. The van der Waals surface area contributed by atoms with Gasteiger partial charge in [0.25, 0.3) is 0 Å². The molecule has 0 aliphatic carbocycles. The highest BCUT2D eigenvalue weighted by Gasteiger charge is 2.05. The van der Waals surface area contributed by atoms with Crippen LogP contribution in [0, 0.1) is 0 Å². The highest BCUT2D eigenvalue weighted by molar-refractivity contribution is 14.0. The number of guanidine groups is 1. The van der Waals surface area contributed by atoms with Crippen molar-refractivity contribution in [3.05, 3.63) is 48.6 Å². The molecule has 0 unspecified atom stereocenters. The van der Waals surface area contributed by atoms with Crippen LogP contribution < -0.4 is 20.1 Å². The average Bonchev–Trinajstić information content (AvgIpc) is 3.16. The van der Waals surface area contributed by atoms with E-state index in [2.05, 4.69) is 39.3 Å². The van der Waals surface area contributed by atoms with Crippen LogP contribution in [-0.4, -0.2) is 48.0 Å². The summed E-state index contributed by atoms with van der Waals surface area (Å²) in [6.07, 6.45) is 4.40. The third kappa shape index (κ3) is 7.02. The molecule has 2 aromatic rings. The summed E-state index contributed by atoms with van der Waals surface area (Å²) in [6, 6.07) is 5.78. The van der Waals surface area contributed by atoms with Crippen molar-refractivity contribution in [2.24, 2.45) is 4.99 Å². The zero-order valence-corrected chi connectivity index (χ0v) is 19.0. The van der Waals surface area contributed by atoms with Gasteiger partial charge in [-0.15, -0.1) is 40.8 Å². The van der Waals surface area contributed by atoms with Crippen molar-refractivity contribution in [1.82, 2.24) is 25.4 Å². The number of aromatic nitrogens is 3. The second-order valence-corrected chi connectivity index (χ2v) is 5.74. The molecule has 2 rings (SSSR count). The lowest BCUT2D eigenvalue weighted by molar-refractivity contribution is 0.354. The van der Waals surface area contributed by atoms with Gasteiger partial charge in [0.2, 0.25) is 0 Å². The van der Waals surface area contributed by atoms with Gasteiger partial charge < -0.3 is 24.7 Å². The largest absolute Gasteiger partial charge is 0.493 e. The number of nitrogens with one attached hydrogen (secondary N) is 2. The fraction of sp³-hybridized carbons (Fsp3) is 0.421. The Morgan fingerprint density at radius 3 is 2.71 bits per heavy atom. The van der Waals surface area contributed by atoms with Crippen LogP contribution in [0.2, 0.25) is 0 Å². The standard InChI is InChI=1S/C19H28N6O2.HI/c1-5-9-20-19(21-10-11-25-14-23-24-18(25)6-2)22-13-15-7-8-16(26-3)17(12-15)27-4;/h5,7-8,12,14H,1,6,9-11,13H2,2-4H3,(H2,20,21,22);1H. The summed E-state index contributed by atoms with van der Waals surface area (Å²) >= 11 is 0. The Morgan fingerprint density at radius 1 is 1.25 bits per heavy atom. The molecule has 154 valence electrons. The molecule has 0 aliphatic heterocycles. The maximum atomic E-state index is 5.34. The number of rotatable bonds is 10. The lowest BCUT2D eigenvalue weighted by atomic mass is 10.2. The van der Waals surface area contributed by atoms with E-state index >= 15 is 0 Å². The first-order valence-electron chi connectivity index (χ1n) is 8.92. The van der Waals surface area contributed by atoms with Crippen LogP contribution in [0.3, 0.4) is 0 Å². The molecule has 8 nitrogen and oxygen atoms in total. The number of hydrogen-bond donors (Lipinski definition) is 2. The number of methoxy groups -OCH3 is 2. The van der Waals surface area contributed by atoms with Crippen molar-refractivity contribution in [2.45, 2.75) is 26.4 Å². The fourth-order valence-corrected chi connectivity index (χ4v) is 2.53. The van der Waals surface area contributed by atoms with Gasteiger partial charge in [-0.25, -0.2) is 4.99 Å². The number of nitrogens with zero attached hydrogens (tertiary/aromatic N) is 4. The van der Waals surface area contributed by atoms with Crippen LogP contribution in [0.1, 0.15) is 18.3 Å². The maximum Gasteiger partial charge on any atom is 0.191 e. The highest BCUT2D eigenvalue weighted by Crippen LogP contribution is 2.27. The smallest absolute Gasteiger partial charge is 0.191 e. The molecule has 0 bridgehead atoms. The van der Waals surface area contributed by atoms with E-state index < -0.39 is 0 Å². The molecule has 0 fully saturated rings. The second kappa shape index (κ2) is 13.0. The van der Waals surface area contributed by atoms with Gasteiger partial charge in [0.15, 0.2) is 17.5 Å². The molecular formula is C19H29IN6O2. The van der Waals surface area contributed by atoms with Crippen LogP contribution in [-0.2, 0) is 19.5 Å². The van der Waals surface area contributed by atoms with Crippen molar-refractivity contribution < 1.29 is 9.47 Å². The molecule has 9 heteroatoms. The maximum absolute atomic E-state index is 5.34. The first-order valence-corrected chi connectivity index (χ1v) is 8.92. The Hall–Kier alpha value is -2.30. The van der Waals surface area contributed by atoms with E-state index in [0.717, 1.165) is 30.3 Å². The normalized spacial score (nSPS) is 10.8. The predicted molar refractivity (Wildman–Crippen MR) is 122 cm³/mol. The third-order valence-corrected chi connectivity index (χ3v) is 3.94.